The van der Waals surface area contributed by atoms with E-state index in [2.05, 4.69) is 31.8 Å². The topological polar surface area (TPSA) is 38.9 Å². The van der Waals surface area contributed by atoms with Crippen LogP contribution in [-0.4, -0.2) is 4.98 Å². The van der Waals surface area contributed by atoms with Crippen molar-refractivity contribution in [2.24, 2.45) is 5.73 Å². The highest BCUT2D eigenvalue weighted by Crippen LogP contribution is 2.21. The summed E-state index contributed by atoms with van der Waals surface area (Å²) in [5, 5.41) is 0. The van der Waals surface area contributed by atoms with E-state index < -0.39 is 0 Å². The molecule has 0 spiro atoms. The second-order valence-corrected chi connectivity index (χ2v) is 4.04. The molecule has 1 aromatic heterocycles. The minimum Gasteiger partial charge on any atom is -0.326 e. The zero-order chi connectivity index (χ0) is 9.19. The van der Waals surface area contributed by atoms with E-state index in [0.717, 1.165) is 5.56 Å². The molecule has 0 aliphatic carbocycles. The van der Waals surface area contributed by atoms with Gasteiger partial charge in [0, 0.05) is 18.9 Å². The molecule has 12 heavy (non-hydrogen) atoms. The lowest BCUT2D eigenvalue weighted by molar-refractivity contribution is 0.586. The van der Waals surface area contributed by atoms with Crippen LogP contribution in [0.25, 0.3) is 0 Å². The van der Waals surface area contributed by atoms with Crippen LogP contribution >= 0.6 is 0 Å². The minimum atomic E-state index is 0.165. The molecule has 0 unspecified atom stereocenters. The van der Waals surface area contributed by atoms with Crippen molar-refractivity contribution in [3.63, 3.8) is 0 Å². The van der Waals surface area contributed by atoms with Crippen LogP contribution in [0.5, 0.6) is 0 Å². The lowest BCUT2D eigenvalue weighted by Crippen LogP contribution is -2.12. The molecule has 1 rings (SSSR count). The maximum Gasteiger partial charge on any atom is 0.0312 e. The smallest absolute Gasteiger partial charge is 0.0312 e. The molecule has 0 bridgehead atoms. The van der Waals surface area contributed by atoms with Crippen molar-refractivity contribution in [2.45, 2.75) is 32.7 Å². The van der Waals surface area contributed by atoms with Gasteiger partial charge in [-0.05, 0) is 16.5 Å². The molecular formula is C10H16N2. The Kier molecular flexibility index (Phi) is 2.48. The Hall–Kier alpha value is -0.890. The number of hydrogen-bond acceptors (Lipinski definition) is 2. The van der Waals surface area contributed by atoms with E-state index in [1.807, 2.05) is 12.4 Å². The average Bonchev–Trinajstić information content (AvgIpc) is 2.03. The molecule has 0 aliphatic rings. The normalized spacial score (nSPS) is 11.7. The Morgan fingerprint density at radius 2 is 2.00 bits per heavy atom. The first-order valence-electron chi connectivity index (χ1n) is 4.18. The molecule has 0 radical (unpaired) electrons. The summed E-state index contributed by atoms with van der Waals surface area (Å²) in [6, 6.07) is 2.12. The van der Waals surface area contributed by atoms with Gasteiger partial charge < -0.3 is 5.73 Å². The van der Waals surface area contributed by atoms with Gasteiger partial charge in [0.25, 0.3) is 0 Å². The zero-order valence-corrected chi connectivity index (χ0v) is 7.96. The molecule has 0 amide bonds. The summed E-state index contributed by atoms with van der Waals surface area (Å²) in [4.78, 5) is 4.14. The first-order valence-corrected chi connectivity index (χ1v) is 4.18. The highest BCUT2D eigenvalue weighted by molar-refractivity contribution is 5.23. The van der Waals surface area contributed by atoms with Gasteiger partial charge in [-0.15, -0.1) is 0 Å². The highest BCUT2D eigenvalue weighted by Gasteiger charge is 2.13. The maximum absolute atomic E-state index is 5.52. The van der Waals surface area contributed by atoms with Crippen molar-refractivity contribution in [2.75, 3.05) is 0 Å². The Morgan fingerprint density at radius 1 is 1.33 bits per heavy atom. The molecule has 0 aromatic carbocycles. The van der Waals surface area contributed by atoms with Crippen molar-refractivity contribution in [3.8, 4) is 0 Å². The van der Waals surface area contributed by atoms with Gasteiger partial charge in [-0.1, -0.05) is 26.8 Å². The fourth-order valence-corrected chi connectivity index (χ4v) is 1.01. The third-order valence-electron chi connectivity index (χ3n) is 1.90. The Morgan fingerprint density at radius 3 is 2.50 bits per heavy atom. The molecule has 1 heterocycles. The summed E-state index contributed by atoms with van der Waals surface area (Å²) in [7, 11) is 0. The first-order chi connectivity index (χ1) is 5.54. The number of pyridine rings is 1. The van der Waals surface area contributed by atoms with Crippen molar-refractivity contribution in [1.29, 1.82) is 0 Å². The number of aromatic nitrogens is 1. The summed E-state index contributed by atoms with van der Waals surface area (Å²) < 4.78 is 0. The summed E-state index contributed by atoms with van der Waals surface area (Å²) >= 11 is 0. The van der Waals surface area contributed by atoms with Crippen LogP contribution in [0.4, 0.5) is 0 Å². The average molecular weight is 164 g/mol. The van der Waals surface area contributed by atoms with Gasteiger partial charge >= 0.3 is 0 Å². The van der Waals surface area contributed by atoms with E-state index in [9.17, 15) is 0 Å². The maximum atomic E-state index is 5.52. The molecule has 2 heteroatoms. The lowest BCUT2D eigenvalue weighted by Gasteiger charge is -2.18. The number of nitrogens with zero attached hydrogens (tertiary/aromatic N) is 1. The molecule has 0 atom stereocenters. The van der Waals surface area contributed by atoms with E-state index >= 15 is 0 Å². The van der Waals surface area contributed by atoms with Gasteiger partial charge in [-0.3, -0.25) is 4.98 Å². The molecule has 2 nitrogen and oxygen atoms in total. The minimum absolute atomic E-state index is 0.165. The predicted molar refractivity (Wildman–Crippen MR) is 50.8 cm³/mol. The van der Waals surface area contributed by atoms with Crippen LogP contribution in [0.15, 0.2) is 18.5 Å². The molecule has 0 saturated heterocycles. The predicted octanol–water partition coefficient (Wildman–Crippen LogP) is 1.84. The van der Waals surface area contributed by atoms with Crippen molar-refractivity contribution in [3.05, 3.63) is 29.6 Å². The van der Waals surface area contributed by atoms with E-state index in [1.54, 1.807) is 0 Å². The van der Waals surface area contributed by atoms with Gasteiger partial charge in [-0.25, -0.2) is 0 Å². The molecule has 1 aromatic rings. The molecule has 0 saturated carbocycles. The van der Waals surface area contributed by atoms with Crippen LogP contribution in [0.1, 0.15) is 31.9 Å². The third kappa shape index (κ3) is 2.05. The first kappa shape index (κ1) is 9.20. The van der Waals surface area contributed by atoms with E-state index in [-0.39, 0.29) is 5.41 Å². The third-order valence-corrected chi connectivity index (χ3v) is 1.90. The largest absolute Gasteiger partial charge is 0.326 e. The fraction of sp³-hybridized carbons (Fsp3) is 0.500. The number of nitrogens with two attached hydrogens (primary N) is 1. The molecule has 2 N–H and O–H groups in total. The van der Waals surface area contributed by atoms with E-state index in [0.29, 0.717) is 6.54 Å². The van der Waals surface area contributed by atoms with E-state index in [1.165, 1.54) is 5.56 Å². The Bertz CT molecular complexity index is 261. The lowest BCUT2D eigenvalue weighted by atomic mass is 9.88. The molecular weight excluding hydrogens is 148 g/mol. The second-order valence-electron chi connectivity index (χ2n) is 4.04. The van der Waals surface area contributed by atoms with Gasteiger partial charge in [0.15, 0.2) is 0 Å². The monoisotopic (exact) mass is 164 g/mol. The van der Waals surface area contributed by atoms with Crippen molar-refractivity contribution < 1.29 is 0 Å². The van der Waals surface area contributed by atoms with Gasteiger partial charge in [0.05, 0.1) is 0 Å². The van der Waals surface area contributed by atoms with Crippen LogP contribution < -0.4 is 5.73 Å². The summed E-state index contributed by atoms with van der Waals surface area (Å²) in [6.45, 7) is 7.08. The van der Waals surface area contributed by atoms with Gasteiger partial charge in [0.1, 0.15) is 0 Å². The van der Waals surface area contributed by atoms with Crippen molar-refractivity contribution in [1.82, 2.24) is 4.98 Å². The fourth-order valence-electron chi connectivity index (χ4n) is 1.01. The standard InChI is InChI=1S/C10H16N2/c1-10(2,3)9-4-8(5-11)6-12-7-9/h4,6-7H,5,11H2,1-3H3. The van der Waals surface area contributed by atoms with Crippen LogP contribution in [0, 0.1) is 0 Å². The second kappa shape index (κ2) is 3.23. The Labute approximate surface area is 73.8 Å². The molecule has 66 valence electrons. The van der Waals surface area contributed by atoms with Crippen LogP contribution in [0.2, 0.25) is 0 Å². The summed E-state index contributed by atoms with van der Waals surface area (Å²) in [5.74, 6) is 0. The summed E-state index contributed by atoms with van der Waals surface area (Å²) in [5.41, 5.74) is 8.03. The van der Waals surface area contributed by atoms with Crippen molar-refractivity contribution >= 4 is 0 Å². The van der Waals surface area contributed by atoms with Crippen LogP contribution in [0.3, 0.4) is 0 Å². The van der Waals surface area contributed by atoms with Gasteiger partial charge in [-0.2, -0.15) is 0 Å². The quantitative estimate of drug-likeness (QED) is 0.687. The summed E-state index contributed by atoms with van der Waals surface area (Å²) in [6.07, 6.45) is 3.72. The SMILES string of the molecule is CC(C)(C)c1cncc(CN)c1. The Balaban J connectivity index is 3.02. The highest BCUT2D eigenvalue weighted by atomic mass is 14.6. The van der Waals surface area contributed by atoms with E-state index in [4.69, 9.17) is 5.73 Å². The molecule has 0 fully saturated rings. The number of hydrogen-bond donors (Lipinski definition) is 1. The zero-order valence-electron chi connectivity index (χ0n) is 7.96. The van der Waals surface area contributed by atoms with Gasteiger partial charge in [0.2, 0.25) is 0 Å². The van der Waals surface area contributed by atoms with Crippen LogP contribution in [-0.2, 0) is 12.0 Å². The number of rotatable bonds is 1. The molecule has 0 aliphatic heterocycles.